The first-order chi connectivity index (χ1) is 8.31. The normalized spacial score (nSPS) is 14.9. The summed E-state index contributed by atoms with van der Waals surface area (Å²) in [6.45, 7) is 0.579. The van der Waals surface area contributed by atoms with Crippen molar-refractivity contribution in [3.63, 3.8) is 0 Å². The van der Waals surface area contributed by atoms with Crippen LogP contribution in [0.3, 0.4) is 0 Å². The number of nitrogens with zero attached hydrogens (tertiary/aromatic N) is 1. The van der Waals surface area contributed by atoms with Crippen molar-refractivity contribution >= 4 is 17.2 Å². The molecule has 3 nitrogen and oxygen atoms in total. The zero-order valence-corrected chi connectivity index (χ0v) is 10.8. The van der Waals surface area contributed by atoms with Gasteiger partial charge in [-0.2, -0.15) is 0 Å². The molecule has 0 bridgehead atoms. The summed E-state index contributed by atoms with van der Waals surface area (Å²) in [4.78, 5) is 15.2. The molecule has 1 N–H and O–H groups in total. The molecule has 1 aromatic heterocycles. The highest BCUT2D eigenvalue weighted by atomic mass is 32.1. The molecule has 1 aromatic rings. The fourth-order valence-electron chi connectivity index (χ4n) is 2.02. The van der Waals surface area contributed by atoms with E-state index < -0.39 is 0 Å². The van der Waals surface area contributed by atoms with Crippen LogP contribution >= 0.6 is 11.3 Å². The van der Waals surface area contributed by atoms with E-state index >= 15 is 0 Å². The molecule has 0 radical (unpaired) electrons. The molecule has 1 heterocycles. The second-order valence-corrected chi connectivity index (χ2v) is 5.51. The monoisotopic (exact) mass is 253 g/mol. The predicted octanol–water partition coefficient (Wildman–Crippen LogP) is 2.05. The molecular formula is C13H19NO2S. The fraction of sp³-hybridized carbons (Fsp3) is 0.615. The smallest absolute Gasteiger partial charge is 0.222 e. The van der Waals surface area contributed by atoms with Crippen LogP contribution in [0.5, 0.6) is 0 Å². The number of aliphatic hydroxyl groups excluding tert-OH is 1. The Hall–Kier alpha value is -0.870. The third kappa shape index (κ3) is 3.82. The summed E-state index contributed by atoms with van der Waals surface area (Å²) in [7, 11) is 0. The fourth-order valence-corrected chi connectivity index (χ4v) is 2.77. The van der Waals surface area contributed by atoms with Gasteiger partial charge < -0.3 is 10.0 Å². The molecule has 1 saturated carbocycles. The van der Waals surface area contributed by atoms with Gasteiger partial charge in [-0.15, -0.1) is 11.3 Å². The van der Waals surface area contributed by atoms with Crippen LogP contribution in [0, 0.1) is 0 Å². The van der Waals surface area contributed by atoms with E-state index in [1.54, 1.807) is 11.3 Å². The van der Waals surface area contributed by atoms with Gasteiger partial charge >= 0.3 is 0 Å². The number of rotatable bonds is 7. The van der Waals surface area contributed by atoms with Crippen molar-refractivity contribution < 1.29 is 9.90 Å². The summed E-state index contributed by atoms with van der Waals surface area (Å²) < 4.78 is 0. The lowest BCUT2D eigenvalue weighted by Gasteiger charge is -2.21. The van der Waals surface area contributed by atoms with Crippen LogP contribution in [0.2, 0.25) is 0 Å². The number of amides is 1. The van der Waals surface area contributed by atoms with Crippen LogP contribution in [0.4, 0.5) is 0 Å². The predicted molar refractivity (Wildman–Crippen MR) is 69.1 cm³/mol. The van der Waals surface area contributed by atoms with Crippen molar-refractivity contribution in [2.45, 2.75) is 38.1 Å². The van der Waals surface area contributed by atoms with Gasteiger partial charge in [0.2, 0.25) is 5.91 Å². The van der Waals surface area contributed by atoms with Gasteiger partial charge in [0, 0.05) is 23.9 Å². The number of hydrogen-bond donors (Lipinski definition) is 1. The number of thiophene rings is 1. The van der Waals surface area contributed by atoms with Crippen molar-refractivity contribution in [1.82, 2.24) is 4.90 Å². The van der Waals surface area contributed by atoms with Gasteiger partial charge in [-0.1, -0.05) is 6.07 Å². The van der Waals surface area contributed by atoms with E-state index in [1.807, 2.05) is 11.0 Å². The summed E-state index contributed by atoms with van der Waals surface area (Å²) >= 11 is 1.75. The van der Waals surface area contributed by atoms with Gasteiger partial charge in [0.05, 0.1) is 6.61 Å². The molecule has 0 spiro atoms. The number of carbonyl (C=O) groups excluding carboxylic acids is 1. The van der Waals surface area contributed by atoms with E-state index in [-0.39, 0.29) is 12.5 Å². The summed E-state index contributed by atoms with van der Waals surface area (Å²) in [5.41, 5.74) is 0. The van der Waals surface area contributed by atoms with Crippen LogP contribution in [0.1, 0.15) is 30.6 Å². The SMILES string of the molecule is O=C(CCCc1cccs1)N(CCO)C1CC1. The quantitative estimate of drug-likeness (QED) is 0.808. The highest BCUT2D eigenvalue weighted by molar-refractivity contribution is 7.09. The van der Waals surface area contributed by atoms with E-state index in [1.165, 1.54) is 4.88 Å². The van der Waals surface area contributed by atoms with E-state index in [4.69, 9.17) is 5.11 Å². The van der Waals surface area contributed by atoms with E-state index in [9.17, 15) is 4.79 Å². The minimum Gasteiger partial charge on any atom is -0.395 e. The van der Waals surface area contributed by atoms with Gasteiger partial charge in [-0.25, -0.2) is 0 Å². The molecule has 1 fully saturated rings. The van der Waals surface area contributed by atoms with Crippen LogP contribution in [0.25, 0.3) is 0 Å². The van der Waals surface area contributed by atoms with Crippen LogP contribution in [-0.2, 0) is 11.2 Å². The Bertz CT molecular complexity index is 346. The molecule has 94 valence electrons. The number of hydrogen-bond acceptors (Lipinski definition) is 3. The molecule has 0 saturated heterocycles. The zero-order chi connectivity index (χ0) is 12.1. The maximum absolute atomic E-state index is 12.0. The van der Waals surface area contributed by atoms with E-state index in [0.29, 0.717) is 19.0 Å². The summed E-state index contributed by atoms with van der Waals surface area (Å²) in [5, 5.41) is 11.0. The molecule has 0 atom stereocenters. The standard InChI is InChI=1S/C13H19NO2S/c15-9-8-14(11-6-7-11)13(16)5-1-3-12-4-2-10-17-12/h2,4,10-11,15H,1,3,5-9H2. The van der Waals surface area contributed by atoms with Crippen molar-refractivity contribution in [3.05, 3.63) is 22.4 Å². The zero-order valence-electron chi connectivity index (χ0n) is 9.97. The molecule has 2 rings (SSSR count). The van der Waals surface area contributed by atoms with Crippen LogP contribution in [0.15, 0.2) is 17.5 Å². The molecule has 1 aliphatic carbocycles. The van der Waals surface area contributed by atoms with E-state index in [0.717, 1.165) is 25.7 Å². The van der Waals surface area contributed by atoms with Crippen molar-refractivity contribution in [2.75, 3.05) is 13.2 Å². The summed E-state index contributed by atoms with van der Waals surface area (Å²) in [5.74, 6) is 0.207. The highest BCUT2D eigenvalue weighted by Gasteiger charge is 2.31. The average Bonchev–Trinajstić information content (AvgIpc) is 3.03. The second-order valence-electron chi connectivity index (χ2n) is 4.47. The van der Waals surface area contributed by atoms with Crippen LogP contribution < -0.4 is 0 Å². The lowest BCUT2D eigenvalue weighted by molar-refractivity contribution is -0.132. The molecule has 17 heavy (non-hydrogen) atoms. The Morgan fingerprint density at radius 1 is 1.53 bits per heavy atom. The molecule has 0 aliphatic heterocycles. The summed E-state index contributed by atoms with van der Waals surface area (Å²) in [6.07, 6.45) is 4.72. The molecule has 1 amide bonds. The Morgan fingerprint density at radius 2 is 2.35 bits per heavy atom. The maximum Gasteiger partial charge on any atom is 0.222 e. The Morgan fingerprint density at radius 3 is 2.94 bits per heavy atom. The molecule has 0 unspecified atom stereocenters. The first kappa shape index (κ1) is 12.6. The van der Waals surface area contributed by atoms with Crippen molar-refractivity contribution in [2.24, 2.45) is 0 Å². The van der Waals surface area contributed by atoms with Crippen LogP contribution in [-0.4, -0.2) is 35.1 Å². The topological polar surface area (TPSA) is 40.5 Å². The van der Waals surface area contributed by atoms with Crippen molar-refractivity contribution in [3.8, 4) is 0 Å². The summed E-state index contributed by atoms with van der Waals surface area (Å²) in [6, 6.07) is 4.57. The number of aryl methyl sites for hydroxylation is 1. The highest BCUT2D eigenvalue weighted by Crippen LogP contribution is 2.27. The minimum absolute atomic E-state index is 0.0766. The third-order valence-corrected chi connectivity index (χ3v) is 3.98. The largest absolute Gasteiger partial charge is 0.395 e. The molecular weight excluding hydrogens is 234 g/mol. The average molecular weight is 253 g/mol. The Kier molecular flexibility index (Phi) is 4.57. The molecule has 0 aromatic carbocycles. The lowest BCUT2D eigenvalue weighted by Crippen LogP contribution is -2.35. The maximum atomic E-state index is 12.0. The van der Waals surface area contributed by atoms with Gasteiger partial charge in [0.25, 0.3) is 0 Å². The van der Waals surface area contributed by atoms with E-state index in [2.05, 4.69) is 11.4 Å². The first-order valence-electron chi connectivity index (χ1n) is 6.24. The third-order valence-electron chi connectivity index (χ3n) is 3.04. The first-order valence-corrected chi connectivity index (χ1v) is 7.12. The van der Waals surface area contributed by atoms with Gasteiger partial charge in [-0.05, 0) is 37.1 Å². The minimum atomic E-state index is 0.0766. The molecule has 1 aliphatic rings. The molecule has 4 heteroatoms. The second kappa shape index (κ2) is 6.17. The number of aliphatic hydroxyl groups is 1. The Balaban J connectivity index is 1.71. The van der Waals surface area contributed by atoms with Crippen molar-refractivity contribution in [1.29, 1.82) is 0 Å². The van der Waals surface area contributed by atoms with Gasteiger partial charge in [0.15, 0.2) is 0 Å². The number of carbonyl (C=O) groups is 1. The van der Waals surface area contributed by atoms with Gasteiger partial charge in [0.1, 0.15) is 0 Å². The lowest BCUT2D eigenvalue weighted by atomic mass is 10.2. The van der Waals surface area contributed by atoms with Gasteiger partial charge in [-0.3, -0.25) is 4.79 Å². The Labute approximate surface area is 106 Å².